The van der Waals surface area contributed by atoms with Crippen LogP contribution in [0.2, 0.25) is 0 Å². The third-order valence-corrected chi connectivity index (χ3v) is 5.07. The molecule has 2 heterocycles. The Hall–Kier alpha value is 0.100. The zero-order chi connectivity index (χ0) is 12.3. The molecule has 0 spiro atoms. The van der Waals surface area contributed by atoms with E-state index in [1.54, 1.807) is 11.3 Å². The molecule has 0 saturated carbocycles. The molecule has 96 valence electrons. The summed E-state index contributed by atoms with van der Waals surface area (Å²) in [6.07, 6.45) is 2.70. The molecule has 0 radical (unpaired) electrons. The minimum Gasteiger partial charge on any atom is -0.312 e. The smallest absolute Gasteiger partial charge is 0.0701 e. The lowest BCUT2D eigenvalue weighted by atomic mass is 9.92. The van der Waals surface area contributed by atoms with Gasteiger partial charge >= 0.3 is 0 Å². The maximum Gasteiger partial charge on any atom is 0.0701 e. The van der Waals surface area contributed by atoms with E-state index < -0.39 is 0 Å². The molecule has 2 atom stereocenters. The van der Waals surface area contributed by atoms with Gasteiger partial charge in [0.05, 0.1) is 3.79 Å². The summed E-state index contributed by atoms with van der Waals surface area (Å²) < 4.78 is 1.23. The van der Waals surface area contributed by atoms with Gasteiger partial charge in [-0.05, 0) is 65.3 Å². The average Bonchev–Trinajstić information content (AvgIpc) is 2.67. The zero-order valence-electron chi connectivity index (χ0n) is 10.6. The van der Waals surface area contributed by atoms with E-state index in [4.69, 9.17) is 0 Å². The number of hydrogen-bond donors (Lipinski definition) is 1. The molecule has 0 amide bonds. The maximum atomic E-state index is 3.64. The number of piperidine rings is 1. The van der Waals surface area contributed by atoms with Crippen LogP contribution in [-0.2, 0) is 6.54 Å². The molecule has 1 aromatic rings. The maximum absolute atomic E-state index is 3.64. The summed E-state index contributed by atoms with van der Waals surface area (Å²) in [5.41, 5.74) is 1.41. The van der Waals surface area contributed by atoms with Crippen LogP contribution in [0.5, 0.6) is 0 Å². The molecule has 1 saturated heterocycles. The Morgan fingerprint density at radius 1 is 1.59 bits per heavy atom. The lowest BCUT2D eigenvalue weighted by molar-refractivity contribution is 0.212. The lowest BCUT2D eigenvalue weighted by Gasteiger charge is -2.33. The first-order valence-corrected chi connectivity index (χ1v) is 7.97. The summed E-state index contributed by atoms with van der Waals surface area (Å²) >= 11 is 5.29. The van der Waals surface area contributed by atoms with Gasteiger partial charge < -0.3 is 10.2 Å². The normalized spacial score (nSPS) is 25.4. The number of rotatable bonds is 4. The first kappa shape index (κ1) is 13.5. The van der Waals surface area contributed by atoms with Crippen molar-refractivity contribution in [1.29, 1.82) is 0 Å². The van der Waals surface area contributed by atoms with Crippen LogP contribution in [0.25, 0.3) is 0 Å². The van der Waals surface area contributed by atoms with Crippen LogP contribution >= 0.6 is 27.3 Å². The Labute approximate surface area is 117 Å². The monoisotopic (exact) mass is 316 g/mol. The van der Waals surface area contributed by atoms with Gasteiger partial charge in [0.2, 0.25) is 0 Å². The summed E-state index contributed by atoms with van der Waals surface area (Å²) in [7, 11) is 2.22. The van der Waals surface area contributed by atoms with Crippen molar-refractivity contribution in [3.8, 4) is 0 Å². The largest absolute Gasteiger partial charge is 0.312 e. The van der Waals surface area contributed by atoms with Crippen LogP contribution in [0.1, 0.15) is 25.3 Å². The van der Waals surface area contributed by atoms with Gasteiger partial charge in [0.25, 0.3) is 0 Å². The second kappa shape index (κ2) is 6.32. The van der Waals surface area contributed by atoms with Crippen molar-refractivity contribution in [3.63, 3.8) is 0 Å². The first-order valence-electron chi connectivity index (χ1n) is 6.30. The zero-order valence-corrected chi connectivity index (χ0v) is 13.0. The summed E-state index contributed by atoms with van der Waals surface area (Å²) in [4.78, 5) is 2.42. The van der Waals surface area contributed by atoms with Crippen LogP contribution in [0.3, 0.4) is 0 Å². The highest BCUT2D eigenvalue weighted by molar-refractivity contribution is 9.11. The molecule has 17 heavy (non-hydrogen) atoms. The molecular formula is C13H21BrN2S. The number of hydrogen-bond acceptors (Lipinski definition) is 3. The van der Waals surface area contributed by atoms with Gasteiger partial charge in [0.1, 0.15) is 0 Å². The van der Waals surface area contributed by atoms with Gasteiger partial charge in [-0.15, -0.1) is 11.3 Å². The van der Waals surface area contributed by atoms with Gasteiger partial charge in [-0.25, -0.2) is 0 Å². The second-order valence-corrected chi connectivity index (χ2v) is 7.43. The Bertz CT molecular complexity index is 353. The molecule has 2 nitrogen and oxygen atoms in total. The van der Waals surface area contributed by atoms with Crippen molar-refractivity contribution >= 4 is 27.3 Å². The predicted molar refractivity (Wildman–Crippen MR) is 78.5 cm³/mol. The van der Waals surface area contributed by atoms with E-state index in [0.717, 1.165) is 19.0 Å². The van der Waals surface area contributed by atoms with E-state index in [2.05, 4.69) is 51.6 Å². The third-order valence-electron chi connectivity index (χ3n) is 3.51. The fourth-order valence-electron chi connectivity index (χ4n) is 2.50. The molecule has 1 aromatic heterocycles. The Kier molecular flexibility index (Phi) is 5.03. The van der Waals surface area contributed by atoms with Crippen LogP contribution in [0.15, 0.2) is 15.2 Å². The van der Waals surface area contributed by atoms with Crippen molar-refractivity contribution in [2.45, 2.75) is 32.4 Å². The van der Waals surface area contributed by atoms with Gasteiger partial charge in [-0.3, -0.25) is 0 Å². The highest BCUT2D eigenvalue weighted by atomic mass is 79.9. The summed E-state index contributed by atoms with van der Waals surface area (Å²) in [5, 5.41) is 5.88. The van der Waals surface area contributed by atoms with Crippen molar-refractivity contribution in [2.75, 3.05) is 20.1 Å². The van der Waals surface area contributed by atoms with Crippen molar-refractivity contribution in [2.24, 2.45) is 5.92 Å². The van der Waals surface area contributed by atoms with E-state index in [0.29, 0.717) is 6.04 Å². The highest BCUT2D eigenvalue weighted by Crippen LogP contribution is 2.22. The molecule has 0 aliphatic carbocycles. The molecule has 1 aliphatic rings. The SMILES string of the molecule is CC1CCCNC1CN(C)Cc1csc(Br)c1. The Morgan fingerprint density at radius 3 is 3.06 bits per heavy atom. The van der Waals surface area contributed by atoms with Gasteiger partial charge in [0, 0.05) is 19.1 Å². The molecule has 4 heteroatoms. The van der Waals surface area contributed by atoms with E-state index in [-0.39, 0.29) is 0 Å². The minimum atomic E-state index is 0.663. The molecule has 1 fully saturated rings. The number of halogens is 1. The van der Waals surface area contributed by atoms with Gasteiger partial charge in [-0.2, -0.15) is 0 Å². The van der Waals surface area contributed by atoms with Crippen LogP contribution in [0, 0.1) is 5.92 Å². The lowest BCUT2D eigenvalue weighted by Crippen LogP contribution is -2.46. The van der Waals surface area contributed by atoms with Crippen LogP contribution < -0.4 is 5.32 Å². The van der Waals surface area contributed by atoms with Crippen molar-refractivity contribution in [3.05, 3.63) is 20.8 Å². The predicted octanol–water partition coefficient (Wildman–Crippen LogP) is 3.33. The standard InChI is InChI=1S/C13H21BrN2S/c1-10-4-3-5-15-12(10)8-16(2)7-11-6-13(14)17-9-11/h6,9-10,12,15H,3-5,7-8H2,1-2H3. The molecule has 0 bridgehead atoms. The summed E-state index contributed by atoms with van der Waals surface area (Å²) in [6.45, 7) is 5.75. The van der Waals surface area contributed by atoms with Crippen molar-refractivity contribution < 1.29 is 0 Å². The van der Waals surface area contributed by atoms with E-state index in [1.165, 1.54) is 28.7 Å². The quantitative estimate of drug-likeness (QED) is 0.916. The minimum absolute atomic E-state index is 0.663. The second-order valence-electron chi connectivity index (χ2n) is 5.14. The number of nitrogens with one attached hydrogen (secondary N) is 1. The fraction of sp³-hybridized carbons (Fsp3) is 0.692. The molecule has 1 N–H and O–H groups in total. The average molecular weight is 317 g/mol. The number of likely N-dealkylation sites (N-methyl/N-ethyl adjacent to an activating group) is 1. The third kappa shape index (κ3) is 4.05. The van der Waals surface area contributed by atoms with E-state index >= 15 is 0 Å². The van der Waals surface area contributed by atoms with Crippen LogP contribution in [-0.4, -0.2) is 31.1 Å². The van der Waals surface area contributed by atoms with E-state index in [9.17, 15) is 0 Å². The molecular weight excluding hydrogens is 296 g/mol. The first-order chi connectivity index (χ1) is 8.15. The van der Waals surface area contributed by atoms with Gasteiger partial charge in [0.15, 0.2) is 0 Å². The van der Waals surface area contributed by atoms with Crippen LogP contribution in [0.4, 0.5) is 0 Å². The van der Waals surface area contributed by atoms with Gasteiger partial charge in [-0.1, -0.05) is 6.92 Å². The molecule has 2 unspecified atom stereocenters. The number of nitrogens with zero attached hydrogens (tertiary/aromatic N) is 1. The molecule has 1 aliphatic heterocycles. The fourth-order valence-corrected chi connectivity index (χ4v) is 3.70. The Balaban J connectivity index is 1.82. The number of thiophene rings is 1. The topological polar surface area (TPSA) is 15.3 Å². The molecule has 0 aromatic carbocycles. The van der Waals surface area contributed by atoms with E-state index in [1.807, 2.05) is 0 Å². The van der Waals surface area contributed by atoms with Crippen molar-refractivity contribution in [1.82, 2.24) is 10.2 Å². The Morgan fingerprint density at radius 2 is 2.41 bits per heavy atom. The summed E-state index contributed by atoms with van der Waals surface area (Å²) in [5.74, 6) is 0.806. The summed E-state index contributed by atoms with van der Waals surface area (Å²) in [6, 6.07) is 2.88. The highest BCUT2D eigenvalue weighted by Gasteiger charge is 2.21. The molecule has 2 rings (SSSR count).